The third kappa shape index (κ3) is 5.05. The normalized spacial score (nSPS) is 14.4. The van der Waals surface area contributed by atoms with E-state index in [-0.39, 0.29) is 0 Å². The lowest BCUT2D eigenvalue weighted by Crippen LogP contribution is -2.38. The maximum absolute atomic E-state index is 3.61. The Labute approximate surface area is 168 Å². The summed E-state index contributed by atoms with van der Waals surface area (Å²) in [6.45, 7) is 3.22. The third-order valence-corrected chi connectivity index (χ3v) is 5.86. The highest BCUT2D eigenvalue weighted by atomic mass is 15.0. The molecule has 0 saturated heterocycles. The zero-order chi connectivity index (χ0) is 19.0. The van der Waals surface area contributed by atoms with E-state index in [2.05, 4.69) is 87.8 Å². The van der Waals surface area contributed by atoms with E-state index in [0.29, 0.717) is 0 Å². The van der Waals surface area contributed by atoms with Crippen molar-refractivity contribution in [2.24, 2.45) is 5.92 Å². The van der Waals surface area contributed by atoms with Crippen LogP contribution in [0.25, 0.3) is 16.8 Å². The Bertz CT molecular complexity index is 835. The van der Waals surface area contributed by atoms with Gasteiger partial charge in [-0.2, -0.15) is 4.57 Å². The van der Waals surface area contributed by atoms with E-state index in [1.165, 1.54) is 48.9 Å². The molecular formula is C25H31N3+2. The highest BCUT2D eigenvalue weighted by Crippen LogP contribution is 2.26. The number of hydrogen-bond donors (Lipinski definition) is 1. The van der Waals surface area contributed by atoms with Gasteiger partial charge in [0.25, 0.3) is 0 Å². The number of hydrogen-bond acceptors (Lipinski definition) is 1. The molecule has 2 heterocycles. The zero-order valence-corrected chi connectivity index (χ0v) is 16.6. The van der Waals surface area contributed by atoms with Gasteiger partial charge in [-0.25, -0.2) is 4.57 Å². The van der Waals surface area contributed by atoms with Crippen LogP contribution in [0, 0.1) is 5.92 Å². The molecule has 0 amide bonds. The first-order valence-corrected chi connectivity index (χ1v) is 10.7. The molecule has 3 aromatic rings. The minimum Gasteiger partial charge on any atom is -0.311 e. The molecule has 1 aliphatic carbocycles. The van der Waals surface area contributed by atoms with E-state index in [1.807, 2.05) is 6.07 Å². The van der Waals surface area contributed by atoms with Gasteiger partial charge in [-0.1, -0.05) is 43.9 Å². The number of aromatic nitrogens is 2. The summed E-state index contributed by atoms with van der Waals surface area (Å²) in [5.41, 5.74) is 3.68. The molecular weight excluding hydrogens is 342 g/mol. The molecule has 4 rings (SSSR count). The van der Waals surface area contributed by atoms with Crippen LogP contribution in [0.5, 0.6) is 0 Å². The summed E-state index contributed by atoms with van der Waals surface area (Å²) in [5, 5.41) is 3.61. The van der Waals surface area contributed by atoms with Gasteiger partial charge in [-0.3, -0.25) is 0 Å². The lowest BCUT2D eigenvalue weighted by atomic mass is 10.0. The Morgan fingerprint density at radius 1 is 0.750 bits per heavy atom. The standard InChI is InChI=1S/C25H31N3/c1-2-8-25(9-3-1)28-19-13-24(14-20-28)23-11-17-27(18-12-23)21-16-26-15-10-22-6-4-5-7-22/h1-3,8-9,11-14,17-20,22,26H,4-7,10,15-16,21H2/q+2. The average Bonchev–Trinajstić information content (AvgIpc) is 3.28. The summed E-state index contributed by atoms with van der Waals surface area (Å²) < 4.78 is 4.41. The summed E-state index contributed by atoms with van der Waals surface area (Å²) in [6, 6.07) is 19.2. The van der Waals surface area contributed by atoms with Gasteiger partial charge in [0.15, 0.2) is 31.3 Å². The molecule has 0 atom stereocenters. The molecule has 0 bridgehead atoms. The SMILES string of the molecule is c1ccc(-[n+]2ccc(-c3cc[n+](CCNCCC4CCCC4)cc3)cc2)cc1. The van der Waals surface area contributed by atoms with Gasteiger partial charge in [0.1, 0.15) is 0 Å². The fourth-order valence-corrected chi connectivity index (χ4v) is 4.13. The van der Waals surface area contributed by atoms with Gasteiger partial charge >= 0.3 is 0 Å². The van der Waals surface area contributed by atoms with E-state index in [9.17, 15) is 0 Å². The van der Waals surface area contributed by atoms with Crippen LogP contribution < -0.4 is 14.5 Å². The first kappa shape index (κ1) is 18.8. The second-order valence-electron chi connectivity index (χ2n) is 7.84. The predicted octanol–water partition coefficient (Wildman–Crippen LogP) is 4.09. The molecule has 3 nitrogen and oxygen atoms in total. The van der Waals surface area contributed by atoms with Crippen LogP contribution in [-0.4, -0.2) is 13.1 Å². The molecule has 0 aliphatic heterocycles. The van der Waals surface area contributed by atoms with Crippen molar-refractivity contribution in [2.45, 2.75) is 38.6 Å². The Morgan fingerprint density at radius 3 is 2.07 bits per heavy atom. The fourth-order valence-electron chi connectivity index (χ4n) is 4.13. The highest BCUT2D eigenvalue weighted by molar-refractivity contribution is 5.61. The largest absolute Gasteiger partial charge is 0.311 e. The number of nitrogens with one attached hydrogen (secondary N) is 1. The van der Waals surface area contributed by atoms with Crippen molar-refractivity contribution in [3.63, 3.8) is 0 Å². The van der Waals surface area contributed by atoms with Crippen molar-refractivity contribution in [1.29, 1.82) is 0 Å². The average molecular weight is 374 g/mol. The first-order valence-electron chi connectivity index (χ1n) is 10.7. The Morgan fingerprint density at radius 2 is 1.39 bits per heavy atom. The quantitative estimate of drug-likeness (QED) is 0.466. The van der Waals surface area contributed by atoms with Gasteiger partial charge in [-0.05, 0) is 30.0 Å². The van der Waals surface area contributed by atoms with Crippen LogP contribution in [-0.2, 0) is 6.54 Å². The summed E-state index contributed by atoms with van der Waals surface area (Å²) >= 11 is 0. The molecule has 1 fully saturated rings. The Balaban J connectivity index is 1.27. The summed E-state index contributed by atoms with van der Waals surface area (Å²) in [7, 11) is 0. The van der Waals surface area contributed by atoms with Gasteiger partial charge in [-0.15, -0.1) is 0 Å². The maximum Gasteiger partial charge on any atom is 0.210 e. The lowest BCUT2D eigenvalue weighted by Gasteiger charge is -2.08. The van der Waals surface area contributed by atoms with Crippen molar-refractivity contribution in [1.82, 2.24) is 5.32 Å². The van der Waals surface area contributed by atoms with E-state index < -0.39 is 0 Å². The van der Waals surface area contributed by atoms with Crippen LogP contribution in [0.15, 0.2) is 79.4 Å². The number of para-hydroxylation sites is 1. The predicted molar refractivity (Wildman–Crippen MR) is 113 cm³/mol. The first-order chi connectivity index (χ1) is 13.9. The molecule has 1 aliphatic rings. The van der Waals surface area contributed by atoms with Crippen LogP contribution >= 0.6 is 0 Å². The van der Waals surface area contributed by atoms with E-state index in [0.717, 1.165) is 25.6 Å². The zero-order valence-electron chi connectivity index (χ0n) is 16.6. The number of rotatable bonds is 8. The molecule has 3 heteroatoms. The molecule has 2 aromatic heterocycles. The molecule has 28 heavy (non-hydrogen) atoms. The third-order valence-electron chi connectivity index (χ3n) is 5.86. The topological polar surface area (TPSA) is 19.8 Å². The monoisotopic (exact) mass is 373 g/mol. The molecule has 0 radical (unpaired) electrons. The van der Waals surface area contributed by atoms with Gasteiger partial charge in [0.05, 0.1) is 6.54 Å². The number of pyridine rings is 2. The van der Waals surface area contributed by atoms with Gasteiger partial charge in [0, 0.05) is 36.4 Å². The fraction of sp³-hybridized carbons (Fsp3) is 0.360. The molecule has 1 aromatic carbocycles. The van der Waals surface area contributed by atoms with Gasteiger partial charge < -0.3 is 5.32 Å². The Kier molecular flexibility index (Phi) is 6.46. The van der Waals surface area contributed by atoms with Gasteiger partial charge in [0.2, 0.25) is 5.69 Å². The smallest absolute Gasteiger partial charge is 0.210 e. The molecule has 1 saturated carbocycles. The summed E-state index contributed by atoms with van der Waals surface area (Å²) in [6.07, 6.45) is 15.8. The van der Waals surface area contributed by atoms with Crippen LogP contribution in [0.4, 0.5) is 0 Å². The van der Waals surface area contributed by atoms with Crippen molar-refractivity contribution >= 4 is 0 Å². The van der Waals surface area contributed by atoms with E-state index in [4.69, 9.17) is 0 Å². The molecule has 0 spiro atoms. The second kappa shape index (κ2) is 9.61. The summed E-state index contributed by atoms with van der Waals surface area (Å²) in [5.74, 6) is 0.978. The Hall–Kier alpha value is -2.52. The van der Waals surface area contributed by atoms with E-state index in [1.54, 1.807) is 0 Å². The molecule has 1 N–H and O–H groups in total. The minimum atomic E-state index is 0.978. The van der Waals surface area contributed by atoms with Crippen LogP contribution in [0.3, 0.4) is 0 Å². The van der Waals surface area contributed by atoms with Crippen molar-refractivity contribution < 1.29 is 9.13 Å². The molecule has 144 valence electrons. The summed E-state index contributed by atoms with van der Waals surface area (Å²) in [4.78, 5) is 0. The van der Waals surface area contributed by atoms with Crippen molar-refractivity contribution in [3.8, 4) is 16.8 Å². The maximum atomic E-state index is 3.61. The highest BCUT2D eigenvalue weighted by Gasteiger charge is 2.14. The van der Waals surface area contributed by atoms with E-state index >= 15 is 0 Å². The van der Waals surface area contributed by atoms with Crippen LogP contribution in [0.2, 0.25) is 0 Å². The number of nitrogens with zero attached hydrogens (tertiary/aromatic N) is 2. The lowest BCUT2D eigenvalue weighted by molar-refractivity contribution is -0.695. The minimum absolute atomic E-state index is 0.978. The van der Waals surface area contributed by atoms with Crippen molar-refractivity contribution in [2.75, 3.05) is 13.1 Å². The molecule has 0 unspecified atom stereocenters. The van der Waals surface area contributed by atoms with Crippen molar-refractivity contribution in [3.05, 3.63) is 79.4 Å². The number of benzene rings is 1. The van der Waals surface area contributed by atoms with Crippen LogP contribution in [0.1, 0.15) is 32.1 Å². The second-order valence-corrected chi connectivity index (χ2v) is 7.84.